The first-order valence-electron chi connectivity index (χ1n) is 3.80. The second kappa shape index (κ2) is 4.75. The van der Waals surface area contributed by atoms with E-state index >= 15 is 0 Å². The first kappa shape index (κ1) is 9.90. The van der Waals surface area contributed by atoms with E-state index in [0.717, 1.165) is 21.2 Å². The lowest BCUT2D eigenvalue weighted by molar-refractivity contribution is 0.279. The van der Waals surface area contributed by atoms with Crippen LogP contribution >= 0.6 is 23.4 Å². The highest BCUT2D eigenvalue weighted by molar-refractivity contribution is 7.99. The van der Waals surface area contributed by atoms with Gasteiger partial charge in [0.25, 0.3) is 0 Å². The van der Waals surface area contributed by atoms with Crippen molar-refractivity contribution >= 4 is 23.4 Å². The van der Waals surface area contributed by atoms with Gasteiger partial charge in [0.2, 0.25) is 0 Å². The molecule has 0 radical (unpaired) electrons. The van der Waals surface area contributed by atoms with E-state index in [1.807, 2.05) is 18.2 Å². The molecule has 0 amide bonds. The number of rotatable bonds is 3. The van der Waals surface area contributed by atoms with Gasteiger partial charge in [0.05, 0.1) is 11.6 Å². The van der Waals surface area contributed by atoms with E-state index in [4.69, 9.17) is 16.7 Å². The third-order valence-corrected chi connectivity index (χ3v) is 2.99. The Morgan fingerprint density at radius 2 is 2.25 bits per heavy atom. The molecule has 0 aromatic heterocycles. The van der Waals surface area contributed by atoms with Crippen LogP contribution in [0.25, 0.3) is 0 Å². The highest BCUT2D eigenvalue weighted by Gasteiger charge is 2.04. The van der Waals surface area contributed by atoms with E-state index in [-0.39, 0.29) is 6.61 Å². The molecule has 1 rings (SSSR count). The monoisotopic (exact) mass is 202 g/mol. The minimum absolute atomic E-state index is 0.0584. The topological polar surface area (TPSA) is 20.2 Å². The third kappa shape index (κ3) is 2.16. The van der Waals surface area contributed by atoms with Gasteiger partial charge in [-0.1, -0.05) is 30.7 Å². The molecule has 66 valence electrons. The van der Waals surface area contributed by atoms with Crippen molar-refractivity contribution in [1.29, 1.82) is 0 Å². The number of hydrogen-bond donors (Lipinski definition) is 1. The average molecular weight is 203 g/mol. The van der Waals surface area contributed by atoms with Crippen LogP contribution in [0.3, 0.4) is 0 Å². The molecular formula is C9H11ClOS. The Balaban J connectivity index is 3.02. The van der Waals surface area contributed by atoms with Gasteiger partial charge >= 0.3 is 0 Å². The Bertz CT molecular complexity index is 263. The summed E-state index contributed by atoms with van der Waals surface area (Å²) < 4.78 is 0. The Hall–Kier alpha value is -0.180. The number of halogens is 1. The molecule has 0 unspecified atom stereocenters. The molecule has 0 aliphatic heterocycles. The maximum absolute atomic E-state index is 9.00. The molecule has 1 aromatic carbocycles. The Kier molecular flexibility index (Phi) is 3.92. The molecule has 0 saturated carbocycles. The highest BCUT2D eigenvalue weighted by Crippen LogP contribution is 2.30. The molecule has 0 aliphatic rings. The molecule has 0 atom stereocenters. The maximum atomic E-state index is 9.00. The molecule has 3 heteroatoms. The van der Waals surface area contributed by atoms with Crippen LogP contribution in [0.15, 0.2) is 23.1 Å². The average Bonchev–Trinajstić information content (AvgIpc) is 2.09. The minimum Gasteiger partial charge on any atom is -0.392 e. The van der Waals surface area contributed by atoms with Crippen molar-refractivity contribution in [2.24, 2.45) is 0 Å². The lowest BCUT2D eigenvalue weighted by Gasteiger charge is -2.06. The molecule has 1 aromatic rings. The molecule has 0 aliphatic carbocycles. The summed E-state index contributed by atoms with van der Waals surface area (Å²) in [6.45, 7) is 2.12. The van der Waals surface area contributed by atoms with E-state index in [2.05, 4.69) is 6.92 Å². The molecule has 0 saturated heterocycles. The Morgan fingerprint density at radius 3 is 2.83 bits per heavy atom. The van der Waals surface area contributed by atoms with Crippen LogP contribution in [0, 0.1) is 0 Å². The lowest BCUT2D eigenvalue weighted by atomic mass is 10.2. The fourth-order valence-corrected chi connectivity index (χ4v) is 2.15. The van der Waals surface area contributed by atoms with E-state index in [1.165, 1.54) is 0 Å². The molecule has 12 heavy (non-hydrogen) atoms. The summed E-state index contributed by atoms with van der Waals surface area (Å²) in [5.41, 5.74) is 0.911. The Labute approximate surface area is 81.7 Å². The molecule has 0 spiro atoms. The molecule has 1 N–H and O–H groups in total. The summed E-state index contributed by atoms with van der Waals surface area (Å²) in [5, 5.41) is 9.73. The van der Waals surface area contributed by atoms with Crippen molar-refractivity contribution in [3.05, 3.63) is 28.8 Å². The lowest BCUT2D eigenvalue weighted by Crippen LogP contribution is -1.88. The predicted octanol–water partition coefficient (Wildman–Crippen LogP) is 2.94. The standard InChI is InChI=1S/C9H11ClOS/c1-2-12-9-7(6-11)4-3-5-8(9)10/h3-5,11H,2,6H2,1H3. The van der Waals surface area contributed by atoms with E-state index in [0.29, 0.717) is 0 Å². The first-order valence-corrected chi connectivity index (χ1v) is 5.17. The van der Waals surface area contributed by atoms with Crippen LogP contribution in [0.4, 0.5) is 0 Å². The number of thioether (sulfide) groups is 1. The molecule has 0 fully saturated rings. The fraction of sp³-hybridized carbons (Fsp3) is 0.333. The van der Waals surface area contributed by atoms with Crippen LogP contribution < -0.4 is 0 Å². The van der Waals surface area contributed by atoms with Crippen molar-refractivity contribution in [2.75, 3.05) is 5.75 Å². The third-order valence-electron chi connectivity index (χ3n) is 1.51. The summed E-state index contributed by atoms with van der Waals surface area (Å²) >= 11 is 7.62. The van der Waals surface area contributed by atoms with Crippen molar-refractivity contribution in [3.63, 3.8) is 0 Å². The van der Waals surface area contributed by atoms with Crippen LogP contribution in [-0.4, -0.2) is 10.9 Å². The molecule has 0 bridgehead atoms. The molecule has 1 nitrogen and oxygen atoms in total. The molecule has 0 heterocycles. The van der Waals surface area contributed by atoms with Gasteiger partial charge in [0.1, 0.15) is 0 Å². The number of hydrogen-bond acceptors (Lipinski definition) is 2. The van der Waals surface area contributed by atoms with Gasteiger partial charge in [-0.15, -0.1) is 11.8 Å². The largest absolute Gasteiger partial charge is 0.392 e. The summed E-state index contributed by atoms with van der Waals surface area (Å²) in [7, 11) is 0. The SMILES string of the molecule is CCSc1c(Cl)cccc1CO. The number of aliphatic hydroxyl groups is 1. The number of benzene rings is 1. The molecular weight excluding hydrogens is 192 g/mol. The van der Waals surface area contributed by atoms with Crippen LogP contribution in [-0.2, 0) is 6.61 Å². The van der Waals surface area contributed by atoms with E-state index < -0.39 is 0 Å². The second-order valence-electron chi connectivity index (χ2n) is 2.32. The van der Waals surface area contributed by atoms with E-state index in [9.17, 15) is 0 Å². The zero-order valence-corrected chi connectivity index (χ0v) is 8.45. The zero-order valence-electron chi connectivity index (χ0n) is 6.88. The van der Waals surface area contributed by atoms with Crippen LogP contribution in [0.5, 0.6) is 0 Å². The Morgan fingerprint density at radius 1 is 1.50 bits per heavy atom. The van der Waals surface area contributed by atoms with Crippen LogP contribution in [0.2, 0.25) is 5.02 Å². The van der Waals surface area contributed by atoms with Gasteiger partial charge < -0.3 is 5.11 Å². The predicted molar refractivity (Wildman–Crippen MR) is 53.8 cm³/mol. The van der Waals surface area contributed by atoms with Gasteiger partial charge in [-0.05, 0) is 17.4 Å². The van der Waals surface area contributed by atoms with Gasteiger partial charge in [0, 0.05) is 4.90 Å². The smallest absolute Gasteiger partial charge is 0.0693 e. The quantitative estimate of drug-likeness (QED) is 0.761. The van der Waals surface area contributed by atoms with E-state index in [1.54, 1.807) is 11.8 Å². The summed E-state index contributed by atoms with van der Waals surface area (Å²) in [6.07, 6.45) is 0. The number of aliphatic hydroxyl groups excluding tert-OH is 1. The van der Waals surface area contributed by atoms with Crippen molar-refractivity contribution in [1.82, 2.24) is 0 Å². The summed E-state index contributed by atoms with van der Waals surface area (Å²) in [6, 6.07) is 5.59. The maximum Gasteiger partial charge on any atom is 0.0693 e. The van der Waals surface area contributed by atoms with Gasteiger partial charge in [-0.3, -0.25) is 0 Å². The van der Waals surface area contributed by atoms with Crippen molar-refractivity contribution in [3.8, 4) is 0 Å². The van der Waals surface area contributed by atoms with Crippen LogP contribution in [0.1, 0.15) is 12.5 Å². The summed E-state index contributed by atoms with van der Waals surface area (Å²) in [5.74, 6) is 0.969. The van der Waals surface area contributed by atoms with Gasteiger partial charge in [0.15, 0.2) is 0 Å². The second-order valence-corrected chi connectivity index (χ2v) is 4.00. The van der Waals surface area contributed by atoms with Gasteiger partial charge in [-0.25, -0.2) is 0 Å². The van der Waals surface area contributed by atoms with Crippen molar-refractivity contribution < 1.29 is 5.11 Å². The van der Waals surface area contributed by atoms with Crippen molar-refractivity contribution in [2.45, 2.75) is 18.4 Å². The summed E-state index contributed by atoms with van der Waals surface area (Å²) in [4.78, 5) is 1.00. The van der Waals surface area contributed by atoms with Gasteiger partial charge in [-0.2, -0.15) is 0 Å². The highest BCUT2D eigenvalue weighted by atomic mass is 35.5. The normalized spacial score (nSPS) is 10.2. The zero-order chi connectivity index (χ0) is 8.97. The fourth-order valence-electron chi connectivity index (χ4n) is 0.984. The minimum atomic E-state index is 0.0584. The first-order chi connectivity index (χ1) is 5.79.